The van der Waals surface area contributed by atoms with Crippen molar-refractivity contribution in [3.8, 4) is 22.6 Å². The number of hydrogen-bond donors (Lipinski definition) is 1. The highest BCUT2D eigenvalue weighted by atomic mass is 32.2. The molecule has 0 radical (unpaired) electrons. The van der Waals surface area contributed by atoms with Crippen molar-refractivity contribution in [2.24, 2.45) is 13.0 Å². The van der Waals surface area contributed by atoms with E-state index in [9.17, 15) is 27.9 Å². The molecule has 1 amide bonds. The number of methoxy groups -OCH3 is 1. The van der Waals surface area contributed by atoms with Gasteiger partial charge in [-0.3, -0.25) is 19.3 Å². The summed E-state index contributed by atoms with van der Waals surface area (Å²) in [5.74, 6) is -1.47. The van der Waals surface area contributed by atoms with Gasteiger partial charge in [0.15, 0.2) is 11.9 Å². The number of aliphatic carboxylic acids is 1. The Balaban J connectivity index is 1.81. The number of anilines is 1. The topological polar surface area (TPSA) is 137 Å². The van der Waals surface area contributed by atoms with Crippen LogP contribution in [0.3, 0.4) is 0 Å². The number of benzene rings is 2. The third-order valence-corrected chi connectivity index (χ3v) is 8.77. The van der Waals surface area contributed by atoms with Crippen molar-refractivity contribution in [1.29, 1.82) is 0 Å². The number of aryl methyl sites for hydroxylation is 2. The van der Waals surface area contributed by atoms with E-state index < -0.39 is 40.1 Å². The molecule has 2 aromatic carbocycles. The Bertz CT molecular complexity index is 1870. The third-order valence-electron chi connectivity index (χ3n) is 7.08. The maximum atomic E-state index is 13.6. The van der Waals surface area contributed by atoms with E-state index in [1.807, 2.05) is 6.92 Å². The summed E-state index contributed by atoms with van der Waals surface area (Å²) in [5, 5.41) is 9.90. The number of rotatable bonds is 7. The number of carboxylic acids is 1. The molecule has 0 aliphatic carbocycles. The van der Waals surface area contributed by atoms with Crippen LogP contribution in [0.25, 0.3) is 22.0 Å². The molecule has 214 valence electrons. The molecular formula is C29H29N3O8S. The van der Waals surface area contributed by atoms with Gasteiger partial charge < -0.3 is 19.1 Å². The lowest BCUT2D eigenvalue weighted by atomic mass is 9.97. The van der Waals surface area contributed by atoms with Crippen molar-refractivity contribution in [2.75, 3.05) is 18.6 Å². The number of pyridine rings is 1. The van der Waals surface area contributed by atoms with Crippen LogP contribution in [0.5, 0.6) is 11.5 Å². The number of nitrogens with zero attached hydrogens (tertiary/aromatic N) is 3. The van der Waals surface area contributed by atoms with Crippen LogP contribution in [0.2, 0.25) is 0 Å². The zero-order valence-corrected chi connectivity index (χ0v) is 23.9. The standard InChI is InChI=1S/C29H29N3O8S/c1-16(2)26-29(36)31(15-24(33)34)23-13-18(39-5)12-21(27(23)40-26)22-14-30(4)28(35)25-20(22)10-11-32(25)41(37,38)19-8-6-17(3)7-9-19/h6-14,16,26H,15H2,1-5H3,(H,33,34). The lowest BCUT2D eigenvalue weighted by Crippen LogP contribution is -2.50. The van der Waals surface area contributed by atoms with Crippen molar-refractivity contribution in [2.45, 2.75) is 31.8 Å². The summed E-state index contributed by atoms with van der Waals surface area (Å²) in [4.78, 5) is 39.6. The molecule has 1 N–H and O–H groups in total. The molecule has 3 heterocycles. The quantitative estimate of drug-likeness (QED) is 0.352. The first-order valence-corrected chi connectivity index (χ1v) is 14.2. The first kappa shape index (κ1) is 28.0. The third kappa shape index (κ3) is 4.63. The maximum absolute atomic E-state index is 13.6. The molecule has 4 aromatic rings. The summed E-state index contributed by atoms with van der Waals surface area (Å²) in [7, 11) is -1.19. The Morgan fingerprint density at radius 1 is 1.10 bits per heavy atom. The van der Waals surface area contributed by atoms with Crippen LogP contribution in [0, 0.1) is 12.8 Å². The molecule has 1 aliphatic rings. The van der Waals surface area contributed by atoms with Crippen LogP contribution < -0.4 is 19.9 Å². The van der Waals surface area contributed by atoms with Gasteiger partial charge in [-0.25, -0.2) is 12.4 Å². The van der Waals surface area contributed by atoms with Gasteiger partial charge in [-0.2, -0.15) is 0 Å². The van der Waals surface area contributed by atoms with Crippen LogP contribution in [0.15, 0.2) is 64.5 Å². The molecule has 1 aliphatic heterocycles. The molecule has 0 saturated carbocycles. The van der Waals surface area contributed by atoms with E-state index in [2.05, 4.69) is 0 Å². The van der Waals surface area contributed by atoms with Crippen molar-refractivity contribution < 1.29 is 32.6 Å². The minimum Gasteiger partial charge on any atom is -0.497 e. The van der Waals surface area contributed by atoms with Crippen LogP contribution in [0.1, 0.15) is 19.4 Å². The zero-order valence-electron chi connectivity index (χ0n) is 23.1. The van der Waals surface area contributed by atoms with Gasteiger partial charge in [0.05, 0.1) is 17.7 Å². The van der Waals surface area contributed by atoms with Crippen LogP contribution in [-0.2, 0) is 26.7 Å². The van der Waals surface area contributed by atoms with E-state index in [1.54, 1.807) is 38.2 Å². The van der Waals surface area contributed by atoms with E-state index in [0.29, 0.717) is 22.3 Å². The first-order chi connectivity index (χ1) is 19.3. The number of amides is 1. The van der Waals surface area contributed by atoms with E-state index >= 15 is 0 Å². The van der Waals surface area contributed by atoms with E-state index in [-0.39, 0.29) is 27.8 Å². The highest BCUT2D eigenvalue weighted by molar-refractivity contribution is 7.90. The molecule has 0 spiro atoms. The molecule has 12 heteroatoms. The summed E-state index contributed by atoms with van der Waals surface area (Å²) >= 11 is 0. The minimum atomic E-state index is -4.13. The minimum absolute atomic E-state index is 0.0257. The van der Waals surface area contributed by atoms with Gasteiger partial charge >= 0.3 is 5.97 Å². The Kier molecular flexibility index (Phi) is 6.90. The molecule has 1 atom stereocenters. The average molecular weight is 580 g/mol. The molecule has 2 aromatic heterocycles. The Morgan fingerprint density at radius 3 is 2.39 bits per heavy atom. The lowest BCUT2D eigenvalue weighted by Gasteiger charge is -2.36. The summed E-state index contributed by atoms with van der Waals surface area (Å²) in [6.07, 6.45) is 1.91. The Morgan fingerprint density at radius 2 is 1.78 bits per heavy atom. The molecule has 11 nitrogen and oxygen atoms in total. The largest absolute Gasteiger partial charge is 0.497 e. The number of carboxylic acid groups (broad SMARTS) is 1. The normalized spacial score (nSPS) is 15.2. The fourth-order valence-electron chi connectivity index (χ4n) is 4.97. The SMILES string of the molecule is COc1cc(-c2cn(C)c(=O)c3c2ccn3S(=O)(=O)c2ccc(C)cc2)c2c(c1)N(CC(=O)O)C(=O)C(C(C)C)O2. The second kappa shape index (κ2) is 10.1. The monoisotopic (exact) mass is 579 g/mol. The predicted molar refractivity (Wildman–Crippen MR) is 152 cm³/mol. The fourth-order valence-corrected chi connectivity index (χ4v) is 6.31. The number of carbonyl (C=O) groups excluding carboxylic acids is 1. The van der Waals surface area contributed by atoms with Gasteiger partial charge in [0.1, 0.15) is 17.8 Å². The van der Waals surface area contributed by atoms with Crippen molar-refractivity contribution in [3.63, 3.8) is 0 Å². The summed E-state index contributed by atoms with van der Waals surface area (Å²) in [5.41, 5.74) is 1.30. The van der Waals surface area contributed by atoms with Gasteiger partial charge in [-0.05, 0) is 37.1 Å². The van der Waals surface area contributed by atoms with Gasteiger partial charge in [0, 0.05) is 42.0 Å². The molecule has 1 unspecified atom stereocenters. The molecule has 5 rings (SSSR count). The number of ether oxygens (including phenoxy) is 2. The van der Waals surface area contributed by atoms with Crippen molar-refractivity contribution in [3.05, 3.63) is 70.8 Å². The molecule has 0 fully saturated rings. The maximum Gasteiger partial charge on any atom is 0.323 e. The second-order valence-electron chi connectivity index (χ2n) is 10.3. The van der Waals surface area contributed by atoms with Crippen molar-refractivity contribution in [1.82, 2.24) is 8.54 Å². The first-order valence-electron chi connectivity index (χ1n) is 12.8. The van der Waals surface area contributed by atoms with Gasteiger partial charge in [0.25, 0.3) is 21.5 Å². The van der Waals surface area contributed by atoms with Crippen molar-refractivity contribution >= 4 is 38.5 Å². The van der Waals surface area contributed by atoms with Crippen LogP contribution in [-0.4, -0.2) is 53.7 Å². The Labute approximate surface area is 236 Å². The molecule has 0 saturated heterocycles. The summed E-state index contributed by atoms with van der Waals surface area (Å²) in [6, 6.07) is 11.0. The predicted octanol–water partition coefficient (Wildman–Crippen LogP) is 3.40. The highest BCUT2D eigenvalue weighted by Gasteiger charge is 2.39. The summed E-state index contributed by atoms with van der Waals surface area (Å²) in [6.45, 7) is 4.82. The van der Waals surface area contributed by atoms with Gasteiger partial charge in [0.2, 0.25) is 0 Å². The number of hydrogen-bond acceptors (Lipinski definition) is 7. The average Bonchev–Trinajstić information content (AvgIpc) is 3.38. The highest BCUT2D eigenvalue weighted by Crippen LogP contribution is 2.47. The van der Waals surface area contributed by atoms with Crippen LogP contribution >= 0.6 is 0 Å². The Hall–Kier alpha value is -4.58. The van der Waals surface area contributed by atoms with E-state index in [0.717, 1.165) is 14.4 Å². The molecular weight excluding hydrogens is 550 g/mol. The molecule has 41 heavy (non-hydrogen) atoms. The number of fused-ring (bicyclic) bond motifs is 2. The van der Waals surface area contributed by atoms with E-state index in [4.69, 9.17) is 9.47 Å². The van der Waals surface area contributed by atoms with Gasteiger partial charge in [-0.15, -0.1) is 0 Å². The number of aromatic nitrogens is 2. The zero-order chi connectivity index (χ0) is 29.8. The van der Waals surface area contributed by atoms with E-state index in [1.165, 1.54) is 49.2 Å². The lowest BCUT2D eigenvalue weighted by molar-refractivity contribution is -0.138. The smallest absolute Gasteiger partial charge is 0.323 e. The second-order valence-corrected chi connectivity index (χ2v) is 12.1. The van der Waals surface area contributed by atoms with Gasteiger partial charge in [-0.1, -0.05) is 31.5 Å². The molecule has 0 bridgehead atoms. The number of carbonyl (C=O) groups is 2. The summed E-state index contributed by atoms with van der Waals surface area (Å²) < 4.78 is 41.2. The fraction of sp³-hybridized carbons (Fsp3) is 0.276. The van der Waals surface area contributed by atoms with Crippen LogP contribution in [0.4, 0.5) is 5.69 Å².